The zero-order chi connectivity index (χ0) is 20.1. The molecule has 1 unspecified atom stereocenters. The Morgan fingerprint density at radius 1 is 0.889 bits per heavy atom. The predicted molar refractivity (Wildman–Crippen MR) is 109 cm³/mol. The van der Waals surface area contributed by atoms with Crippen molar-refractivity contribution in [1.82, 2.24) is 0 Å². The van der Waals surface area contributed by atoms with Crippen molar-refractivity contribution in [3.63, 3.8) is 0 Å². The molecule has 27 heavy (non-hydrogen) atoms. The minimum absolute atomic E-state index is 0.00257. The van der Waals surface area contributed by atoms with Crippen LogP contribution in [0.1, 0.15) is 77.7 Å². The molecule has 0 heterocycles. The fraction of sp³-hybridized carbons (Fsp3) is 0.739. The Balaban J connectivity index is 2.74. The number of unbranched alkanes of at least 4 members (excludes halogenated alkanes) is 5. The van der Waals surface area contributed by atoms with Crippen LogP contribution in [-0.4, -0.2) is 26.3 Å². The fourth-order valence-corrected chi connectivity index (χ4v) is 3.60. The second kappa shape index (κ2) is 13.2. The molecule has 3 nitrogen and oxygen atoms in total. The molecular weight excluding hydrogens is 343 g/mol. The molecule has 0 aromatic heterocycles. The molecular formula is C23H39FO3. The molecule has 0 saturated carbocycles. The highest BCUT2D eigenvalue weighted by atomic mass is 19.1. The van der Waals surface area contributed by atoms with E-state index in [0.717, 1.165) is 31.2 Å². The first-order valence-corrected chi connectivity index (χ1v) is 10.5. The quantitative estimate of drug-likeness (QED) is 0.256. The SMILES string of the molecule is CCCCCCCCC(CCc1ccc(F)cc1)C(OC)(OC)OC(C)C. The topological polar surface area (TPSA) is 27.7 Å². The van der Waals surface area contributed by atoms with Crippen molar-refractivity contribution in [2.45, 2.75) is 90.6 Å². The average molecular weight is 383 g/mol. The number of aryl methyl sites for hydroxylation is 1. The van der Waals surface area contributed by atoms with Crippen LogP contribution in [0.15, 0.2) is 24.3 Å². The van der Waals surface area contributed by atoms with Gasteiger partial charge in [0, 0.05) is 20.1 Å². The van der Waals surface area contributed by atoms with Gasteiger partial charge in [0.2, 0.25) is 0 Å². The van der Waals surface area contributed by atoms with Gasteiger partial charge in [-0.25, -0.2) is 4.39 Å². The Hall–Kier alpha value is -0.970. The molecule has 0 saturated heterocycles. The Labute approximate surface area is 165 Å². The number of ether oxygens (including phenoxy) is 3. The molecule has 0 amide bonds. The summed E-state index contributed by atoms with van der Waals surface area (Å²) in [5, 5.41) is 0. The fourth-order valence-electron chi connectivity index (χ4n) is 3.60. The van der Waals surface area contributed by atoms with Gasteiger partial charge in [0.05, 0.1) is 6.10 Å². The van der Waals surface area contributed by atoms with Gasteiger partial charge in [-0.05, 0) is 50.8 Å². The summed E-state index contributed by atoms with van der Waals surface area (Å²) in [4.78, 5) is 0. The maximum Gasteiger partial charge on any atom is 0.285 e. The van der Waals surface area contributed by atoms with Gasteiger partial charge in [-0.3, -0.25) is 0 Å². The van der Waals surface area contributed by atoms with Crippen LogP contribution >= 0.6 is 0 Å². The van der Waals surface area contributed by atoms with E-state index in [0.29, 0.717) is 0 Å². The normalized spacial score (nSPS) is 13.3. The summed E-state index contributed by atoms with van der Waals surface area (Å²) in [5.41, 5.74) is 1.12. The van der Waals surface area contributed by atoms with E-state index < -0.39 is 5.97 Å². The molecule has 156 valence electrons. The number of hydrogen-bond acceptors (Lipinski definition) is 3. The summed E-state index contributed by atoms with van der Waals surface area (Å²) in [7, 11) is 3.30. The molecule has 0 fully saturated rings. The maximum atomic E-state index is 13.2. The summed E-state index contributed by atoms with van der Waals surface area (Å²) in [6.07, 6.45) is 10.2. The van der Waals surface area contributed by atoms with Gasteiger partial charge in [-0.1, -0.05) is 57.6 Å². The number of hydrogen-bond donors (Lipinski definition) is 0. The minimum Gasteiger partial charge on any atom is -0.331 e. The van der Waals surface area contributed by atoms with Gasteiger partial charge in [-0.2, -0.15) is 0 Å². The standard InChI is InChI=1S/C23H39FO3/c1-6-7-8-9-10-11-12-21(23(25-4,26-5)27-19(2)3)16-13-20-14-17-22(24)18-15-20/h14-15,17-19,21H,6-13,16H2,1-5H3. The van der Waals surface area contributed by atoms with E-state index >= 15 is 0 Å². The largest absolute Gasteiger partial charge is 0.331 e. The number of benzene rings is 1. The van der Waals surface area contributed by atoms with E-state index in [1.54, 1.807) is 14.2 Å². The molecule has 4 heteroatoms. The molecule has 1 aromatic carbocycles. The average Bonchev–Trinajstić information content (AvgIpc) is 2.66. The number of methoxy groups -OCH3 is 2. The summed E-state index contributed by atoms with van der Waals surface area (Å²) in [5.74, 6) is -1.11. The van der Waals surface area contributed by atoms with Crippen molar-refractivity contribution >= 4 is 0 Å². The van der Waals surface area contributed by atoms with E-state index in [2.05, 4.69) is 6.92 Å². The molecule has 1 rings (SSSR count). The zero-order valence-corrected chi connectivity index (χ0v) is 17.9. The molecule has 1 atom stereocenters. The Bertz CT molecular complexity index is 483. The van der Waals surface area contributed by atoms with Crippen molar-refractivity contribution in [3.8, 4) is 0 Å². The van der Waals surface area contributed by atoms with E-state index in [9.17, 15) is 4.39 Å². The predicted octanol–water partition coefficient (Wildman–Crippen LogP) is 6.50. The van der Waals surface area contributed by atoms with Gasteiger partial charge in [-0.15, -0.1) is 0 Å². The van der Waals surface area contributed by atoms with E-state index in [4.69, 9.17) is 14.2 Å². The van der Waals surface area contributed by atoms with Crippen LogP contribution in [0.5, 0.6) is 0 Å². The maximum absolute atomic E-state index is 13.2. The van der Waals surface area contributed by atoms with Crippen LogP contribution in [0.4, 0.5) is 4.39 Å². The van der Waals surface area contributed by atoms with Crippen LogP contribution in [0, 0.1) is 11.7 Å². The summed E-state index contributed by atoms with van der Waals surface area (Å²) in [6, 6.07) is 6.73. The lowest BCUT2D eigenvalue weighted by Crippen LogP contribution is -2.46. The number of rotatable bonds is 15. The van der Waals surface area contributed by atoms with Crippen molar-refractivity contribution in [1.29, 1.82) is 0 Å². The lowest BCUT2D eigenvalue weighted by molar-refractivity contribution is -0.399. The van der Waals surface area contributed by atoms with Crippen LogP contribution in [0.25, 0.3) is 0 Å². The monoisotopic (exact) mass is 382 g/mol. The molecule has 0 spiro atoms. The molecule has 1 aromatic rings. The lowest BCUT2D eigenvalue weighted by Gasteiger charge is -2.39. The van der Waals surface area contributed by atoms with Crippen LogP contribution < -0.4 is 0 Å². The highest BCUT2D eigenvalue weighted by Crippen LogP contribution is 2.34. The van der Waals surface area contributed by atoms with Crippen molar-refractivity contribution in [2.24, 2.45) is 5.92 Å². The Morgan fingerprint density at radius 2 is 1.48 bits per heavy atom. The second-order valence-electron chi connectivity index (χ2n) is 7.60. The van der Waals surface area contributed by atoms with Crippen molar-refractivity contribution < 1.29 is 18.6 Å². The molecule has 0 aliphatic rings. The summed E-state index contributed by atoms with van der Waals surface area (Å²) in [6.45, 7) is 6.23. The highest BCUT2D eigenvalue weighted by Gasteiger charge is 2.41. The number of halogens is 1. The smallest absolute Gasteiger partial charge is 0.285 e. The Kier molecular flexibility index (Phi) is 11.8. The van der Waals surface area contributed by atoms with Crippen molar-refractivity contribution in [2.75, 3.05) is 14.2 Å². The van der Waals surface area contributed by atoms with Crippen molar-refractivity contribution in [3.05, 3.63) is 35.6 Å². The van der Waals surface area contributed by atoms with E-state index in [1.165, 1.54) is 44.2 Å². The van der Waals surface area contributed by atoms with E-state index in [1.807, 2.05) is 26.0 Å². The Morgan fingerprint density at radius 3 is 2.04 bits per heavy atom. The lowest BCUT2D eigenvalue weighted by atomic mass is 9.91. The van der Waals surface area contributed by atoms with Gasteiger partial charge >= 0.3 is 0 Å². The molecule has 0 aliphatic heterocycles. The van der Waals surface area contributed by atoms with Gasteiger partial charge in [0.15, 0.2) is 0 Å². The zero-order valence-electron chi connectivity index (χ0n) is 17.9. The summed E-state index contributed by atoms with van der Waals surface area (Å²) >= 11 is 0. The van der Waals surface area contributed by atoms with Crippen LogP contribution in [0.3, 0.4) is 0 Å². The minimum atomic E-state index is -1.03. The summed E-state index contributed by atoms with van der Waals surface area (Å²) < 4.78 is 30.8. The third kappa shape index (κ3) is 8.71. The molecule has 0 N–H and O–H groups in total. The van der Waals surface area contributed by atoms with E-state index in [-0.39, 0.29) is 17.8 Å². The molecule has 0 radical (unpaired) electrons. The molecule has 0 bridgehead atoms. The van der Waals surface area contributed by atoms with Crippen LogP contribution in [0.2, 0.25) is 0 Å². The second-order valence-corrected chi connectivity index (χ2v) is 7.60. The third-order valence-corrected chi connectivity index (χ3v) is 5.07. The first kappa shape index (κ1) is 24.1. The first-order chi connectivity index (χ1) is 13.0. The first-order valence-electron chi connectivity index (χ1n) is 10.5. The molecule has 0 aliphatic carbocycles. The van der Waals surface area contributed by atoms with Gasteiger partial charge < -0.3 is 14.2 Å². The van der Waals surface area contributed by atoms with Gasteiger partial charge in [0.1, 0.15) is 5.82 Å². The van der Waals surface area contributed by atoms with Crippen LogP contribution in [-0.2, 0) is 20.6 Å². The third-order valence-electron chi connectivity index (χ3n) is 5.07. The highest BCUT2D eigenvalue weighted by molar-refractivity contribution is 5.16. The van der Waals surface area contributed by atoms with Gasteiger partial charge in [0.25, 0.3) is 5.97 Å².